The Morgan fingerprint density at radius 3 is 2.38 bits per heavy atom. The van der Waals surface area contributed by atoms with E-state index in [-0.39, 0.29) is 30.1 Å². The molecule has 2 saturated heterocycles. The second kappa shape index (κ2) is 6.70. The van der Waals surface area contributed by atoms with E-state index in [9.17, 15) is 14.4 Å². The quantitative estimate of drug-likeness (QED) is 0.823. The summed E-state index contributed by atoms with van der Waals surface area (Å²) in [7, 11) is 0. The molecule has 0 aliphatic carbocycles. The van der Waals surface area contributed by atoms with Crippen molar-refractivity contribution >= 4 is 46.6 Å². The minimum absolute atomic E-state index is 0.125. The predicted octanol–water partition coefficient (Wildman–Crippen LogP) is 1.82. The number of hydrogen-bond acceptors (Lipinski definition) is 4. The summed E-state index contributed by atoms with van der Waals surface area (Å²) in [5.74, 6) is -0.989. The lowest BCUT2D eigenvalue weighted by atomic mass is 9.95. The maximum Gasteiger partial charge on any atom is 0.251 e. The number of nitrogens with two attached hydrogens (primary N) is 1. The Morgan fingerprint density at radius 1 is 1.12 bits per heavy atom. The number of nitrogens with zero attached hydrogens (tertiary/aromatic N) is 2. The van der Waals surface area contributed by atoms with Gasteiger partial charge >= 0.3 is 0 Å². The van der Waals surface area contributed by atoms with E-state index in [1.54, 1.807) is 12.1 Å². The average Bonchev–Trinajstić information content (AvgIpc) is 2.85. The number of carbonyl (C=O) groups excluding carboxylic acids is 3. The Hall–Kier alpha value is -1.63. The molecule has 0 saturated carbocycles. The molecule has 0 bridgehead atoms. The highest BCUT2D eigenvalue weighted by molar-refractivity contribution is 6.42. The van der Waals surface area contributed by atoms with Crippen LogP contribution in [0.15, 0.2) is 18.2 Å². The van der Waals surface area contributed by atoms with Crippen LogP contribution in [-0.4, -0.2) is 41.8 Å². The molecule has 6 nitrogen and oxygen atoms in total. The van der Waals surface area contributed by atoms with Gasteiger partial charge in [0.05, 0.1) is 28.2 Å². The maximum atomic E-state index is 12.7. The Balaban J connectivity index is 1.75. The third-order valence-corrected chi connectivity index (χ3v) is 5.40. The molecule has 2 aliphatic rings. The number of amides is 3. The van der Waals surface area contributed by atoms with Gasteiger partial charge in [0.1, 0.15) is 0 Å². The van der Waals surface area contributed by atoms with Crippen LogP contribution in [-0.2, 0) is 14.4 Å². The van der Waals surface area contributed by atoms with E-state index < -0.39 is 6.04 Å². The van der Waals surface area contributed by atoms with Gasteiger partial charge in [0.2, 0.25) is 11.8 Å². The zero-order chi connectivity index (χ0) is 17.4. The molecule has 24 heavy (non-hydrogen) atoms. The third kappa shape index (κ3) is 3.14. The molecule has 0 radical (unpaired) electrons. The average molecular weight is 370 g/mol. The number of carbonyl (C=O) groups is 3. The highest BCUT2D eigenvalue weighted by Crippen LogP contribution is 2.32. The third-order valence-electron chi connectivity index (χ3n) is 4.66. The van der Waals surface area contributed by atoms with E-state index in [1.807, 2.05) is 4.90 Å². The van der Waals surface area contributed by atoms with Crippen molar-refractivity contribution < 1.29 is 14.4 Å². The van der Waals surface area contributed by atoms with Gasteiger partial charge < -0.3 is 5.73 Å². The molecule has 1 aromatic carbocycles. The van der Waals surface area contributed by atoms with Crippen molar-refractivity contribution in [2.75, 3.05) is 18.0 Å². The fourth-order valence-electron chi connectivity index (χ4n) is 3.29. The van der Waals surface area contributed by atoms with Crippen molar-refractivity contribution in [3.8, 4) is 0 Å². The lowest BCUT2D eigenvalue weighted by Crippen LogP contribution is -2.47. The normalized spacial score (nSPS) is 23.1. The van der Waals surface area contributed by atoms with E-state index in [0.717, 1.165) is 4.90 Å². The molecule has 128 valence electrons. The lowest BCUT2D eigenvalue weighted by Gasteiger charge is -2.33. The summed E-state index contributed by atoms with van der Waals surface area (Å²) in [5, 5.41) is 0.657. The Labute approximate surface area is 149 Å². The second-order valence-electron chi connectivity index (χ2n) is 6.10. The van der Waals surface area contributed by atoms with Crippen LogP contribution in [0.5, 0.6) is 0 Å². The molecule has 1 atom stereocenters. The molecular weight excluding hydrogens is 353 g/mol. The van der Waals surface area contributed by atoms with E-state index in [0.29, 0.717) is 41.7 Å². The van der Waals surface area contributed by atoms with Gasteiger partial charge in [-0.25, -0.2) is 4.90 Å². The van der Waals surface area contributed by atoms with Gasteiger partial charge in [-0.2, -0.15) is 0 Å². The number of benzene rings is 1. The van der Waals surface area contributed by atoms with Gasteiger partial charge in [0, 0.05) is 5.92 Å². The topological polar surface area (TPSA) is 83.7 Å². The van der Waals surface area contributed by atoms with E-state index >= 15 is 0 Å². The van der Waals surface area contributed by atoms with Crippen LogP contribution >= 0.6 is 23.2 Å². The number of likely N-dealkylation sites (tertiary alicyclic amines) is 1. The number of hydrogen-bond donors (Lipinski definition) is 1. The van der Waals surface area contributed by atoms with Crippen LogP contribution in [0.25, 0.3) is 0 Å². The van der Waals surface area contributed by atoms with Crippen LogP contribution in [0.4, 0.5) is 5.69 Å². The molecule has 0 unspecified atom stereocenters. The molecule has 2 fully saturated rings. The molecule has 2 N–H and O–H groups in total. The number of anilines is 1. The smallest absolute Gasteiger partial charge is 0.251 e. The summed E-state index contributed by atoms with van der Waals surface area (Å²) >= 11 is 11.9. The minimum atomic E-state index is -0.499. The number of imide groups is 1. The predicted molar refractivity (Wildman–Crippen MR) is 90.9 cm³/mol. The van der Waals surface area contributed by atoms with Gasteiger partial charge in [-0.3, -0.25) is 19.3 Å². The van der Waals surface area contributed by atoms with Crippen LogP contribution in [0.1, 0.15) is 19.3 Å². The van der Waals surface area contributed by atoms with E-state index in [1.165, 1.54) is 6.07 Å². The number of primary amides is 1. The molecule has 3 amide bonds. The SMILES string of the molecule is NC(=O)C1CCN([C@@H]2CC(=O)N(c3ccc(Cl)c(Cl)c3)C2=O)CC1. The van der Waals surface area contributed by atoms with Crippen LogP contribution < -0.4 is 10.6 Å². The standard InChI is InChI=1S/C16H17Cl2N3O3/c17-11-2-1-10(7-12(11)18)21-14(22)8-13(16(21)24)20-5-3-9(4-6-20)15(19)23/h1-2,7,9,13H,3-6,8H2,(H2,19,23)/t13-/m1/s1. The summed E-state index contributed by atoms with van der Waals surface area (Å²) in [6.07, 6.45) is 1.35. The van der Waals surface area contributed by atoms with Crippen molar-refractivity contribution in [2.24, 2.45) is 11.7 Å². The molecule has 8 heteroatoms. The van der Waals surface area contributed by atoms with Crippen molar-refractivity contribution in [1.29, 1.82) is 0 Å². The first kappa shape index (κ1) is 17.2. The first-order chi connectivity index (χ1) is 11.4. The zero-order valence-corrected chi connectivity index (χ0v) is 14.4. The van der Waals surface area contributed by atoms with Gasteiger partial charge in [-0.05, 0) is 44.1 Å². The fourth-order valence-corrected chi connectivity index (χ4v) is 3.58. The highest BCUT2D eigenvalue weighted by Gasteiger charge is 2.43. The summed E-state index contributed by atoms with van der Waals surface area (Å²) in [5.41, 5.74) is 5.75. The largest absolute Gasteiger partial charge is 0.369 e. The van der Waals surface area contributed by atoms with Crippen LogP contribution in [0, 0.1) is 5.92 Å². The van der Waals surface area contributed by atoms with Gasteiger partial charge in [-0.15, -0.1) is 0 Å². The summed E-state index contributed by atoms with van der Waals surface area (Å²) in [4.78, 5) is 39.4. The Kier molecular flexibility index (Phi) is 4.80. The van der Waals surface area contributed by atoms with Crippen molar-refractivity contribution in [1.82, 2.24) is 4.90 Å². The second-order valence-corrected chi connectivity index (χ2v) is 6.91. The molecule has 3 rings (SSSR count). The fraction of sp³-hybridized carbons (Fsp3) is 0.438. The van der Waals surface area contributed by atoms with Gasteiger partial charge in [-0.1, -0.05) is 23.2 Å². The Bertz CT molecular complexity index is 702. The maximum absolute atomic E-state index is 12.7. The first-order valence-electron chi connectivity index (χ1n) is 7.73. The van der Waals surface area contributed by atoms with Gasteiger partial charge in [0.25, 0.3) is 5.91 Å². The summed E-state index contributed by atoms with van der Waals surface area (Å²) in [6, 6.07) is 4.18. The lowest BCUT2D eigenvalue weighted by molar-refractivity contribution is -0.124. The first-order valence-corrected chi connectivity index (χ1v) is 8.49. The number of halogens is 2. The zero-order valence-electron chi connectivity index (χ0n) is 12.9. The van der Waals surface area contributed by atoms with Crippen molar-refractivity contribution in [3.63, 3.8) is 0 Å². The monoisotopic (exact) mass is 369 g/mol. The van der Waals surface area contributed by atoms with Crippen molar-refractivity contribution in [2.45, 2.75) is 25.3 Å². The molecular formula is C16H17Cl2N3O3. The molecule has 0 aromatic heterocycles. The van der Waals surface area contributed by atoms with E-state index in [4.69, 9.17) is 28.9 Å². The van der Waals surface area contributed by atoms with E-state index in [2.05, 4.69) is 0 Å². The summed E-state index contributed by atoms with van der Waals surface area (Å²) in [6.45, 7) is 1.15. The van der Waals surface area contributed by atoms with Crippen LogP contribution in [0.3, 0.4) is 0 Å². The minimum Gasteiger partial charge on any atom is -0.369 e. The molecule has 2 heterocycles. The summed E-state index contributed by atoms with van der Waals surface area (Å²) < 4.78 is 0. The van der Waals surface area contributed by atoms with Crippen LogP contribution in [0.2, 0.25) is 10.0 Å². The molecule has 1 aromatic rings. The number of piperidine rings is 1. The Morgan fingerprint density at radius 2 is 1.79 bits per heavy atom. The number of rotatable bonds is 3. The van der Waals surface area contributed by atoms with Gasteiger partial charge in [0.15, 0.2) is 0 Å². The highest BCUT2D eigenvalue weighted by atomic mass is 35.5. The molecule has 0 spiro atoms. The molecule has 2 aliphatic heterocycles. The van der Waals surface area contributed by atoms with Crippen molar-refractivity contribution in [3.05, 3.63) is 28.2 Å².